The highest BCUT2D eigenvalue weighted by molar-refractivity contribution is 5.94. The molecule has 1 amide bonds. The fourth-order valence-electron chi connectivity index (χ4n) is 3.42. The second-order valence-corrected chi connectivity index (χ2v) is 7.62. The number of amides is 1. The van der Waals surface area contributed by atoms with Crippen LogP contribution in [0.15, 0.2) is 67.1 Å². The molecule has 9 heteroatoms. The van der Waals surface area contributed by atoms with Crippen molar-refractivity contribution in [1.82, 2.24) is 19.9 Å². The molecule has 4 aromatic rings. The van der Waals surface area contributed by atoms with E-state index >= 15 is 0 Å². The van der Waals surface area contributed by atoms with Crippen molar-refractivity contribution in [3.63, 3.8) is 0 Å². The van der Waals surface area contributed by atoms with Crippen LogP contribution in [0.3, 0.4) is 0 Å². The van der Waals surface area contributed by atoms with E-state index in [1.54, 1.807) is 47.4 Å². The molecule has 0 saturated heterocycles. The van der Waals surface area contributed by atoms with Crippen molar-refractivity contribution >= 4 is 17.5 Å². The summed E-state index contributed by atoms with van der Waals surface area (Å²) in [6.45, 7) is 2.26. The van der Waals surface area contributed by atoms with E-state index in [4.69, 9.17) is 4.74 Å². The lowest BCUT2D eigenvalue weighted by molar-refractivity contribution is 0.0954. The molecule has 0 spiro atoms. The van der Waals surface area contributed by atoms with Crippen LogP contribution in [0.25, 0.3) is 5.82 Å². The maximum absolute atomic E-state index is 13.7. The average Bonchev–Trinajstić information content (AvgIpc) is 3.33. The number of carbonyl (C=O) groups excluding carboxylic acids is 1. The second-order valence-electron chi connectivity index (χ2n) is 7.62. The number of aromatic nitrogens is 3. The number of hydrogen-bond donors (Lipinski definition) is 3. The summed E-state index contributed by atoms with van der Waals surface area (Å²) in [5.41, 5.74) is 2.64. The first-order valence-electron chi connectivity index (χ1n) is 10.6. The van der Waals surface area contributed by atoms with Crippen LogP contribution in [0.4, 0.5) is 16.0 Å². The summed E-state index contributed by atoms with van der Waals surface area (Å²) in [6, 6.07) is 13.1. The molecular weight excluding hydrogens is 437 g/mol. The Bertz CT molecular complexity index is 1320. The van der Waals surface area contributed by atoms with Gasteiger partial charge in [0.1, 0.15) is 11.6 Å². The number of ether oxygens (including phenoxy) is 1. The summed E-state index contributed by atoms with van der Waals surface area (Å²) in [5.74, 6) is 0.554. The molecule has 0 aliphatic rings. The molecule has 34 heavy (non-hydrogen) atoms. The number of aromatic hydroxyl groups is 1. The monoisotopic (exact) mass is 461 g/mol. The van der Waals surface area contributed by atoms with Gasteiger partial charge in [-0.05, 0) is 43.2 Å². The molecule has 2 heterocycles. The Morgan fingerprint density at radius 3 is 2.82 bits per heavy atom. The van der Waals surface area contributed by atoms with Gasteiger partial charge in [-0.15, -0.1) is 0 Å². The summed E-state index contributed by atoms with van der Waals surface area (Å²) in [5, 5.41) is 15.7. The minimum Gasteiger partial charge on any atom is -0.508 e. The van der Waals surface area contributed by atoms with Crippen molar-refractivity contribution in [2.75, 3.05) is 19.0 Å². The topological polar surface area (TPSA) is 101 Å². The summed E-state index contributed by atoms with van der Waals surface area (Å²) in [6.07, 6.45) is 5.62. The van der Waals surface area contributed by atoms with Crippen molar-refractivity contribution < 1.29 is 19.0 Å². The molecule has 174 valence electrons. The molecule has 0 saturated carbocycles. The Morgan fingerprint density at radius 2 is 2.03 bits per heavy atom. The van der Waals surface area contributed by atoms with E-state index in [2.05, 4.69) is 20.6 Å². The van der Waals surface area contributed by atoms with Crippen molar-refractivity contribution in [1.29, 1.82) is 0 Å². The summed E-state index contributed by atoms with van der Waals surface area (Å²) in [7, 11) is 1.40. The highest BCUT2D eigenvalue weighted by Crippen LogP contribution is 2.24. The van der Waals surface area contributed by atoms with Crippen LogP contribution in [-0.4, -0.2) is 39.2 Å². The standard InChI is InChI=1S/C25H24FN5O3/c1-16-14-28-25(29-19-7-8-20(26)22(13-19)34-2)30-23(16)31-12-10-18(15-31)24(33)27-11-9-17-5-3-4-6-21(17)32/h3-8,10,12-15,32H,9,11H2,1-2H3,(H,27,33)(H,28,29,30). The van der Waals surface area contributed by atoms with Crippen molar-refractivity contribution in [2.24, 2.45) is 0 Å². The molecule has 4 rings (SSSR count). The number of rotatable bonds is 8. The van der Waals surface area contributed by atoms with Gasteiger partial charge in [-0.2, -0.15) is 4.98 Å². The van der Waals surface area contributed by atoms with E-state index in [0.29, 0.717) is 36.0 Å². The van der Waals surface area contributed by atoms with Gasteiger partial charge in [0.05, 0.1) is 12.7 Å². The number of para-hydroxylation sites is 1. The number of carbonyl (C=O) groups is 1. The van der Waals surface area contributed by atoms with Gasteiger partial charge < -0.3 is 25.0 Å². The van der Waals surface area contributed by atoms with Gasteiger partial charge in [0.25, 0.3) is 5.91 Å². The largest absolute Gasteiger partial charge is 0.508 e. The molecule has 8 nitrogen and oxygen atoms in total. The van der Waals surface area contributed by atoms with Crippen LogP contribution < -0.4 is 15.4 Å². The number of anilines is 2. The van der Waals surface area contributed by atoms with E-state index in [1.165, 1.54) is 19.2 Å². The summed E-state index contributed by atoms with van der Waals surface area (Å²) >= 11 is 0. The van der Waals surface area contributed by atoms with Crippen LogP contribution in [0, 0.1) is 12.7 Å². The maximum Gasteiger partial charge on any atom is 0.252 e. The van der Waals surface area contributed by atoms with Gasteiger partial charge in [0.15, 0.2) is 11.6 Å². The molecule has 0 aliphatic heterocycles. The molecule has 0 aliphatic carbocycles. The third-order valence-corrected chi connectivity index (χ3v) is 5.22. The van der Waals surface area contributed by atoms with Crippen LogP contribution >= 0.6 is 0 Å². The van der Waals surface area contributed by atoms with E-state index < -0.39 is 5.82 Å². The molecule has 0 fully saturated rings. The summed E-state index contributed by atoms with van der Waals surface area (Å²) in [4.78, 5) is 21.4. The maximum atomic E-state index is 13.7. The number of nitrogens with zero attached hydrogens (tertiary/aromatic N) is 3. The van der Waals surface area contributed by atoms with Gasteiger partial charge in [-0.1, -0.05) is 18.2 Å². The van der Waals surface area contributed by atoms with Crippen LogP contribution in [0.1, 0.15) is 21.5 Å². The van der Waals surface area contributed by atoms with E-state index in [-0.39, 0.29) is 17.4 Å². The van der Waals surface area contributed by atoms with Gasteiger partial charge >= 0.3 is 0 Å². The lowest BCUT2D eigenvalue weighted by Crippen LogP contribution is -2.25. The fourth-order valence-corrected chi connectivity index (χ4v) is 3.42. The molecule has 2 aromatic carbocycles. The smallest absolute Gasteiger partial charge is 0.252 e. The van der Waals surface area contributed by atoms with Crippen molar-refractivity contribution in [3.05, 3.63) is 89.6 Å². The first kappa shape index (κ1) is 22.8. The van der Waals surface area contributed by atoms with Gasteiger partial charge in [-0.3, -0.25) is 4.79 Å². The van der Waals surface area contributed by atoms with Gasteiger partial charge in [0.2, 0.25) is 5.95 Å². The van der Waals surface area contributed by atoms with Crippen molar-refractivity contribution in [2.45, 2.75) is 13.3 Å². The molecule has 0 bridgehead atoms. The first-order chi connectivity index (χ1) is 16.4. The minimum atomic E-state index is -0.461. The number of methoxy groups -OCH3 is 1. The molecular formula is C25H24FN5O3. The van der Waals surface area contributed by atoms with Gasteiger partial charge in [-0.25, -0.2) is 9.37 Å². The quantitative estimate of drug-likeness (QED) is 0.365. The van der Waals surface area contributed by atoms with Gasteiger partial charge in [0, 0.05) is 42.5 Å². The Morgan fingerprint density at radius 1 is 1.21 bits per heavy atom. The normalized spacial score (nSPS) is 10.7. The fraction of sp³-hybridized carbons (Fsp3) is 0.160. The number of aryl methyl sites for hydroxylation is 1. The third kappa shape index (κ3) is 5.15. The number of hydrogen-bond acceptors (Lipinski definition) is 6. The lowest BCUT2D eigenvalue weighted by atomic mass is 10.1. The zero-order valence-electron chi connectivity index (χ0n) is 18.7. The molecule has 3 N–H and O–H groups in total. The van der Waals surface area contributed by atoms with Crippen LogP contribution in [-0.2, 0) is 6.42 Å². The Kier molecular flexibility index (Phi) is 6.72. The zero-order valence-corrected chi connectivity index (χ0v) is 18.7. The molecule has 0 radical (unpaired) electrons. The molecule has 0 atom stereocenters. The highest BCUT2D eigenvalue weighted by Gasteiger charge is 2.12. The van der Waals surface area contributed by atoms with E-state index in [9.17, 15) is 14.3 Å². The third-order valence-electron chi connectivity index (χ3n) is 5.22. The van der Waals surface area contributed by atoms with Crippen LogP contribution in [0.2, 0.25) is 0 Å². The Hall–Kier alpha value is -4.40. The second kappa shape index (κ2) is 10.0. The predicted molar refractivity (Wildman–Crippen MR) is 126 cm³/mol. The Balaban J connectivity index is 1.45. The van der Waals surface area contributed by atoms with Crippen molar-refractivity contribution in [3.8, 4) is 17.3 Å². The zero-order chi connectivity index (χ0) is 24.1. The lowest BCUT2D eigenvalue weighted by Gasteiger charge is -2.11. The molecule has 0 unspecified atom stereocenters. The predicted octanol–water partition coefficient (Wildman–Crippen LogP) is 4.15. The number of benzene rings is 2. The highest BCUT2D eigenvalue weighted by atomic mass is 19.1. The number of halogens is 1. The number of phenolic OH excluding ortho intramolecular Hbond substituents is 1. The number of phenols is 1. The SMILES string of the molecule is COc1cc(Nc2ncc(C)c(-n3ccc(C(=O)NCCc4ccccc4O)c3)n2)ccc1F. The molecule has 2 aromatic heterocycles. The minimum absolute atomic E-state index is 0.112. The number of nitrogens with one attached hydrogen (secondary N) is 2. The van der Waals surface area contributed by atoms with E-state index in [0.717, 1.165) is 11.1 Å². The first-order valence-corrected chi connectivity index (χ1v) is 10.6. The average molecular weight is 461 g/mol. The Labute approximate surface area is 196 Å². The van der Waals surface area contributed by atoms with E-state index in [1.807, 2.05) is 19.1 Å². The summed E-state index contributed by atoms with van der Waals surface area (Å²) < 4.78 is 20.4. The van der Waals surface area contributed by atoms with Crippen LogP contribution in [0.5, 0.6) is 11.5 Å².